The van der Waals surface area contributed by atoms with Crippen molar-refractivity contribution < 1.29 is 19.1 Å². The Morgan fingerprint density at radius 1 is 1.19 bits per heavy atom. The van der Waals surface area contributed by atoms with Gasteiger partial charge in [0.05, 0.1) is 6.61 Å². The van der Waals surface area contributed by atoms with Gasteiger partial charge in [-0.3, -0.25) is 9.59 Å². The van der Waals surface area contributed by atoms with E-state index < -0.39 is 17.3 Å². The van der Waals surface area contributed by atoms with Gasteiger partial charge in [-0.1, -0.05) is 13.8 Å². The molecule has 7 heteroatoms. The second-order valence-electron chi connectivity index (χ2n) is 6.29. The van der Waals surface area contributed by atoms with Crippen LogP contribution in [0.2, 0.25) is 0 Å². The van der Waals surface area contributed by atoms with Gasteiger partial charge in [0.1, 0.15) is 6.10 Å². The molecule has 0 saturated carbocycles. The molecular weight excluding hydrogens is 292 g/mol. The number of carbonyl (C=O) groups is 2. The zero-order valence-corrected chi connectivity index (χ0v) is 14.1. The third-order valence-electron chi connectivity index (χ3n) is 3.23. The quantitative estimate of drug-likeness (QED) is 0.631. The van der Waals surface area contributed by atoms with E-state index in [2.05, 4.69) is 23.3 Å². The Morgan fingerprint density at radius 2 is 1.86 bits per heavy atom. The lowest BCUT2D eigenvalue weighted by Gasteiger charge is -2.44. The first kappa shape index (κ1) is 18.3. The molecule has 1 aliphatic heterocycles. The van der Waals surface area contributed by atoms with Crippen molar-refractivity contribution in [3.8, 4) is 0 Å². The van der Waals surface area contributed by atoms with Crippen molar-refractivity contribution in [2.45, 2.75) is 46.0 Å². The first-order valence-electron chi connectivity index (χ1n) is 7.15. The predicted octanol–water partition coefficient (Wildman–Crippen LogP) is 0.716. The molecule has 1 saturated heterocycles. The molecule has 1 rings (SSSR count). The number of carbonyl (C=O) groups excluding carboxylic acids is 2. The maximum atomic E-state index is 12.3. The summed E-state index contributed by atoms with van der Waals surface area (Å²) in [6.45, 7) is 8.67. The van der Waals surface area contributed by atoms with Gasteiger partial charge in [-0.15, -0.1) is 0 Å². The molecule has 1 fully saturated rings. The van der Waals surface area contributed by atoms with Gasteiger partial charge in [0.25, 0.3) is 0 Å². The van der Waals surface area contributed by atoms with E-state index >= 15 is 0 Å². The summed E-state index contributed by atoms with van der Waals surface area (Å²) < 4.78 is 11.3. The van der Waals surface area contributed by atoms with Crippen molar-refractivity contribution >= 4 is 24.4 Å². The van der Waals surface area contributed by atoms with E-state index in [1.165, 1.54) is 0 Å². The highest BCUT2D eigenvalue weighted by atomic mass is 32.1. The molecule has 6 nitrogen and oxygen atoms in total. The summed E-state index contributed by atoms with van der Waals surface area (Å²) in [5.74, 6) is -0.492. The molecule has 0 aromatic carbocycles. The van der Waals surface area contributed by atoms with Gasteiger partial charge < -0.3 is 20.1 Å². The molecule has 1 heterocycles. The Kier molecular flexibility index (Phi) is 6.49. The van der Waals surface area contributed by atoms with Crippen LogP contribution in [0.3, 0.4) is 0 Å². The molecule has 2 amide bonds. The summed E-state index contributed by atoms with van der Waals surface area (Å²) >= 11 is 4.01. The maximum Gasteiger partial charge on any atom is 0.249 e. The number of hydrogen-bond donors (Lipinski definition) is 3. The zero-order valence-electron chi connectivity index (χ0n) is 13.2. The van der Waals surface area contributed by atoms with Gasteiger partial charge in [0.15, 0.2) is 5.79 Å². The van der Waals surface area contributed by atoms with Crippen LogP contribution in [0.1, 0.15) is 34.1 Å². The van der Waals surface area contributed by atoms with E-state index in [4.69, 9.17) is 9.47 Å². The monoisotopic (exact) mass is 318 g/mol. The highest BCUT2D eigenvalue weighted by Gasteiger charge is 2.45. The fourth-order valence-electron chi connectivity index (χ4n) is 2.00. The number of nitrogens with one attached hydrogen (secondary N) is 2. The maximum absolute atomic E-state index is 12.3. The second kappa shape index (κ2) is 7.47. The van der Waals surface area contributed by atoms with Gasteiger partial charge in [-0.25, -0.2) is 0 Å². The highest BCUT2D eigenvalue weighted by Crippen LogP contribution is 2.34. The number of rotatable bonds is 6. The van der Waals surface area contributed by atoms with Gasteiger partial charge in [-0.2, -0.15) is 12.6 Å². The first-order valence-corrected chi connectivity index (χ1v) is 7.78. The Balaban J connectivity index is 2.44. The Labute approximate surface area is 131 Å². The zero-order chi connectivity index (χ0) is 16.1. The van der Waals surface area contributed by atoms with Crippen molar-refractivity contribution in [1.82, 2.24) is 10.6 Å². The van der Waals surface area contributed by atoms with Crippen molar-refractivity contribution in [3.63, 3.8) is 0 Å². The molecule has 0 bridgehead atoms. The van der Waals surface area contributed by atoms with E-state index in [-0.39, 0.29) is 24.8 Å². The summed E-state index contributed by atoms with van der Waals surface area (Å²) in [4.78, 5) is 23.7. The smallest absolute Gasteiger partial charge is 0.249 e. The van der Waals surface area contributed by atoms with Crippen LogP contribution < -0.4 is 10.6 Å². The number of thiol groups is 1. The summed E-state index contributed by atoms with van der Waals surface area (Å²) in [6.07, 6.45) is -0.353. The third kappa shape index (κ3) is 5.84. The van der Waals surface area contributed by atoms with E-state index in [0.29, 0.717) is 18.9 Å². The number of ether oxygens (including phenoxy) is 2. The van der Waals surface area contributed by atoms with Crippen LogP contribution in [0.15, 0.2) is 0 Å². The third-order valence-corrected chi connectivity index (χ3v) is 3.45. The Bertz CT molecular complexity index is 385. The van der Waals surface area contributed by atoms with Crippen LogP contribution >= 0.6 is 12.6 Å². The van der Waals surface area contributed by atoms with E-state index in [1.807, 2.05) is 13.8 Å². The molecule has 0 aliphatic carbocycles. The molecule has 0 aromatic rings. The van der Waals surface area contributed by atoms with Crippen LogP contribution in [-0.4, -0.2) is 49.2 Å². The first-order chi connectivity index (χ1) is 9.68. The Morgan fingerprint density at radius 3 is 2.48 bits per heavy atom. The molecule has 2 N–H and O–H groups in total. The number of amides is 2. The predicted molar refractivity (Wildman–Crippen MR) is 83.2 cm³/mol. The van der Waals surface area contributed by atoms with Crippen molar-refractivity contribution in [2.75, 3.05) is 25.4 Å². The minimum atomic E-state index is -0.776. The highest BCUT2D eigenvalue weighted by molar-refractivity contribution is 7.80. The summed E-state index contributed by atoms with van der Waals surface area (Å²) in [7, 11) is 0. The molecule has 0 unspecified atom stereocenters. The van der Waals surface area contributed by atoms with Crippen molar-refractivity contribution in [2.24, 2.45) is 5.41 Å². The molecule has 21 heavy (non-hydrogen) atoms. The minimum absolute atomic E-state index is 0.100. The lowest BCUT2D eigenvalue weighted by molar-refractivity contribution is -0.304. The topological polar surface area (TPSA) is 76.7 Å². The molecule has 122 valence electrons. The molecule has 1 atom stereocenters. The van der Waals surface area contributed by atoms with Crippen LogP contribution in [0.25, 0.3) is 0 Å². The SMILES string of the molecule is CC1(C)OCC(C)(C)[C@H](C(=O)NCCC(=O)NCCS)O1. The fraction of sp³-hybridized carbons (Fsp3) is 0.857. The van der Waals surface area contributed by atoms with Crippen LogP contribution in [0, 0.1) is 5.41 Å². The normalized spacial score (nSPS) is 23.4. The van der Waals surface area contributed by atoms with E-state index in [0.717, 1.165) is 0 Å². The van der Waals surface area contributed by atoms with Gasteiger partial charge in [0, 0.05) is 30.7 Å². The van der Waals surface area contributed by atoms with Crippen molar-refractivity contribution in [3.05, 3.63) is 0 Å². The summed E-state index contributed by atoms with van der Waals surface area (Å²) in [5, 5.41) is 5.45. The van der Waals surface area contributed by atoms with Gasteiger partial charge >= 0.3 is 0 Å². The summed E-state index contributed by atoms with van der Waals surface area (Å²) in [5.41, 5.74) is -0.409. The van der Waals surface area contributed by atoms with Crippen molar-refractivity contribution in [1.29, 1.82) is 0 Å². The van der Waals surface area contributed by atoms with Crippen LogP contribution in [-0.2, 0) is 19.1 Å². The average Bonchev–Trinajstić information content (AvgIpc) is 2.39. The molecule has 0 radical (unpaired) electrons. The number of hydrogen-bond acceptors (Lipinski definition) is 5. The molecule has 0 aromatic heterocycles. The fourth-order valence-corrected chi connectivity index (χ4v) is 2.11. The molecule has 1 aliphatic rings. The van der Waals surface area contributed by atoms with Crippen LogP contribution in [0.5, 0.6) is 0 Å². The van der Waals surface area contributed by atoms with Gasteiger partial charge in [-0.05, 0) is 13.8 Å². The van der Waals surface area contributed by atoms with E-state index in [1.54, 1.807) is 13.8 Å². The largest absolute Gasteiger partial charge is 0.355 e. The standard InChI is InChI=1S/C14H26N2O4S/c1-13(2)9-19-14(3,4)20-11(13)12(18)16-6-5-10(17)15-7-8-21/h11,21H,5-9H2,1-4H3,(H,15,17)(H,16,18)/t11-/m0/s1. The average molecular weight is 318 g/mol. The van der Waals surface area contributed by atoms with Crippen LogP contribution in [0.4, 0.5) is 0 Å². The minimum Gasteiger partial charge on any atom is -0.355 e. The van der Waals surface area contributed by atoms with E-state index in [9.17, 15) is 9.59 Å². The lowest BCUT2D eigenvalue weighted by Crippen LogP contribution is -2.56. The summed E-state index contributed by atoms with van der Waals surface area (Å²) in [6, 6.07) is 0. The lowest BCUT2D eigenvalue weighted by atomic mass is 9.85. The molecule has 0 spiro atoms. The second-order valence-corrected chi connectivity index (χ2v) is 6.74. The molecular formula is C14H26N2O4S. The Hall–Kier alpha value is -0.790. The van der Waals surface area contributed by atoms with Gasteiger partial charge in [0.2, 0.25) is 11.8 Å².